The van der Waals surface area contributed by atoms with Crippen LogP contribution in [0.15, 0.2) is 83.7 Å². The minimum atomic E-state index is -1.04. The predicted molar refractivity (Wildman–Crippen MR) is 163 cm³/mol. The van der Waals surface area contributed by atoms with Crippen molar-refractivity contribution in [3.05, 3.63) is 108 Å². The summed E-state index contributed by atoms with van der Waals surface area (Å²) in [6, 6.07) is 17.4. The number of oxazole rings is 1. The van der Waals surface area contributed by atoms with E-state index < -0.39 is 29.7 Å². The van der Waals surface area contributed by atoms with E-state index in [0.29, 0.717) is 23.6 Å². The van der Waals surface area contributed by atoms with Gasteiger partial charge in [0, 0.05) is 30.4 Å². The Labute approximate surface area is 253 Å². The number of rotatable bonds is 15. The Morgan fingerprint density at radius 3 is 2.37 bits per heavy atom. The number of thioether (sulfide) groups is 1. The van der Waals surface area contributed by atoms with Crippen LogP contribution in [-0.4, -0.2) is 52.1 Å². The number of hydrogen-bond donors (Lipinski definition) is 4. The van der Waals surface area contributed by atoms with Crippen LogP contribution >= 0.6 is 11.8 Å². The van der Waals surface area contributed by atoms with Crippen LogP contribution in [0.1, 0.15) is 23.6 Å². The number of hydrogen-bond acceptors (Lipinski definition) is 7. The van der Waals surface area contributed by atoms with Gasteiger partial charge in [-0.2, -0.15) is 0 Å². The van der Waals surface area contributed by atoms with Gasteiger partial charge in [-0.3, -0.25) is 9.59 Å². The van der Waals surface area contributed by atoms with Gasteiger partial charge in [0.1, 0.15) is 11.6 Å². The lowest BCUT2D eigenvalue weighted by Crippen LogP contribution is -2.49. The summed E-state index contributed by atoms with van der Waals surface area (Å²) in [7, 11) is 0. The first kappa shape index (κ1) is 31.9. The summed E-state index contributed by atoms with van der Waals surface area (Å²) in [5.41, 5.74) is 3.97. The molecule has 11 heteroatoms. The van der Waals surface area contributed by atoms with Crippen LogP contribution in [0.3, 0.4) is 0 Å². The van der Waals surface area contributed by atoms with E-state index in [1.54, 1.807) is 30.5 Å². The van der Waals surface area contributed by atoms with E-state index in [2.05, 4.69) is 33.9 Å². The van der Waals surface area contributed by atoms with Gasteiger partial charge < -0.3 is 25.5 Å². The van der Waals surface area contributed by atoms with Crippen LogP contribution < -0.4 is 16.0 Å². The minimum absolute atomic E-state index is 0.0177. The molecule has 226 valence electrons. The molecule has 2 atom stereocenters. The number of nitrogens with one attached hydrogen (secondary N) is 3. The van der Waals surface area contributed by atoms with E-state index in [4.69, 9.17) is 4.42 Å². The smallest absolute Gasteiger partial charge is 0.234 e. The predicted octanol–water partition coefficient (Wildman–Crippen LogP) is 4.73. The van der Waals surface area contributed by atoms with Crippen molar-refractivity contribution in [3.63, 3.8) is 0 Å². The maximum Gasteiger partial charge on any atom is 0.234 e. The normalized spacial score (nSPS) is 12.5. The summed E-state index contributed by atoms with van der Waals surface area (Å²) in [5, 5.41) is 19.7. The molecule has 0 saturated carbocycles. The lowest BCUT2D eigenvalue weighted by molar-refractivity contribution is -0.120. The van der Waals surface area contributed by atoms with E-state index in [1.807, 2.05) is 18.2 Å². The molecule has 0 fully saturated rings. The van der Waals surface area contributed by atoms with Crippen molar-refractivity contribution < 1.29 is 27.9 Å². The molecule has 2 amide bonds. The zero-order chi connectivity index (χ0) is 30.6. The molecule has 0 bridgehead atoms. The molecule has 8 nitrogen and oxygen atoms in total. The van der Waals surface area contributed by atoms with Crippen LogP contribution in [0, 0.1) is 11.6 Å². The number of aliphatic hydroxyl groups excluding tert-OH is 1. The largest absolute Gasteiger partial charge is 0.444 e. The monoisotopic (exact) mass is 608 g/mol. The lowest BCUT2D eigenvalue weighted by Gasteiger charge is -2.25. The average Bonchev–Trinajstić information content (AvgIpc) is 3.52. The average molecular weight is 609 g/mol. The fourth-order valence-corrected chi connectivity index (χ4v) is 5.12. The Morgan fingerprint density at radius 1 is 0.953 bits per heavy atom. The number of aryl methyl sites for hydroxylation is 1. The van der Waals surface area contributed by atoms with E-state index in [9.17, 15) is 23.5 Å². The molecule has 43 heavy (non-hydrogen) atoms. The summed E-state index contributed by atoms with van der Waals surface area (Å²) >= 11 is 1.11. The quantitative estimate of drug-likeness (QED) is 0.154. The Hall–Kier alpha value is -4.06. The third-order valence-corrected chi connectivity index (χ3v) is 7.56. The van der Waals surface area contributed by atoms with Gasteiger partial charge in [-0.15, -0.1) is 11.8 Å². The summed E-state index contributed by atoms with van der Waals surface area (Å²) in [6.07, 6.45) is 2.82. The molecular weight excluding hydrogens is 574 g/mol. The Balaban J connectivity index is 1.28. The van der Waals surface area contributed by atoms with Crippen LogP contribution in [0.2, 0.25) is 0 Å². The van der Waals surface area contributed by atoms with Crippen molar-refractivity contribution in [1.29, 1.82) is 0 Å². The SMILES string of the molecule is CCc1cccc(CNC[C@@H](O)[C@H](Cc2cc(F)cc(F)c2)NC(=O)CSCC(=O)Nc2ccc(-c3cnco3)cc2)c1. The zero-order valence-electron chi connectivity index (χ0n) is 23.7. The summed E-state index contributed by atoms with van der Waals surface area (Å²) in [6.45, 7) is 2.72. The molecule has 0 unspecified atom stereocenters. The van der Waals surface area contributed by atoms with Gasteiger partial charge in [0.05, 0.1) is 29.8 Å². The number of aromatic nitrogens is 1. The standard InChI is InChI=1S/C32H34F2N4O4S/c1-2-21-4-3-5-22(10-21)15-35-16-29(39)28(13-23-11-25(33)14-26(34)12-23)38-32(41)19-43-18-31(40)37-27-8-6-24(7-9-27)30-17-36-20-42-30/h3-12,14,17,20,28-29,35,39H,2,13,15-16,18-19H2,1H3,(H,37,40)(H,38,41)/t28-,29+/m0/s1. The summed E-state index contributed by atoms with van der Waals surface area (Å²) in [4.78, 5) is 29.1. The van der Waals surface area contributed by atoms with Crippen LogP contribution in [0.4, 0.5) is 14.5 Å². The van der Waals surface area contributed by atoms with Gasteiger partial charge >= 0.3 is 0 Å². The molecule has 3 aromatic carbocycles. The highest BCUT2D eigenvalue weighted by Crippen LogP contribution is 2.21. The van der Waals surface area contributed by atoms with E-state index in [-0.39, 0.29) is 30.4 Å². The minimum Gasteiger partial charge on any atom is -0.444 e. The van der Waals surface area contributed by atoms with Crippen LogP contribution in [-0.2, 0) is 29.0 Å². The summed E-state index contributed by atoms with van der Waals surface area (Å²) < 4.78 is 32.9. The van der Waals surface area contributed by atoms with E-state index in [1.165, 1.54) is 24.1 Å². The third kappa shape index (κ3) is 10.3. The zero-order valence-corrected chi connectivity index (χ0v) is 24.5. The second-order valence-corrected chi connectivity index (χ2v) is 11.0. The topological polar surface area (TPSA) is 116 Å². The highest BCUT2D eigenvalue weighted by Gasteiger charge is 2.22. The van der Waals surface area contributed by atoms with Crippen molar-refractivity contribution in [2.24, 2.45) is 0 Å². The molecule has 0 aliphatic rings. The van der Waals surface area contributed by atoms with Gasteiger partial charge in [-0.1, -0.05) is 31.2 Å². The highest BCUT2D eigenvalue weighted by atomic mass is 32.2. The Kier molecular flexibility index (Phi) is 11.8. The van der Waals surface area contributed by atoms with E-state index in [0.717, 1.165) is 35.4 Å². The molecule has 1 heterocycles. The third-order valence-electron chi connectivity index (χ3n) is 6.62. The Bertz CT molecular complexity index is 1460. The van der Waals surface area contributed by atoms with Gasteiger partial charge in [0.2, 0.25) is 11.8 Å². The van der Waals surface area contributed by atoms with Crippen molar-refractivity contribution >= 4 is 29.3 Å². The van der Waals surface area contributed by atoms with Gasteiger partial charge in [0.25, 0.3) is 0 Å². The molecule has 4 aromatic rings. The summed E-state index contributed by atoms with van der Waals surface area (Å²) in [5.74, 6) is -1.58. The lowest BCUT2D eigenvalue weighted by atomic mass is 10.0. The number of halogens is 2. The number of benzene rings is 3. The van der Waals surface area contributed by atoms with E-state index >= 15 is 0 Å². The van der Waals surface area contributed by atoms with Gasteiger partial charge in [-0.25, -0.2) is 13.8 Å². The number of aliphatic hydroxyl groups is 1. The molecule has 4 rings (SSSR count). The number of nitrogens with zero attached hydrogens (tertiary/aromatic N) is 1. The molecule has 4 N–H and O–H groups in total. The second kappa shape index (κ2) is 16.0. The number of carbonyl (C=O) groups excluding carboxylic acids is 2. The number of carbonyl (C=O) groups is 2. The molecule has 1 aromatic heterocycles. The fraction of sp³-hybridized carbons (Fsp3) is 0.281. The second-order valence-electron chi connectivity index (χ2n) is 10.0. The van der Waals surface area contributed by atoms with Crippen molar-refractivity contribution in [2.45, 2.75) is 38.5 Å². The fourth-order valence-electron chi connectivity index (χ4n) is 4.49. The van der Waals surface area contributed by atoms with Gasteiger partial charge in [-0.05, 0) is 65.9 Å². The first-order valence-electron chi connectivity index (χ1n) is 13.9. The van der Waals surface area contributed by atoms with Crippen molar-refractivity contribution in [3.8, 4) is 11.3 Å². The first-order valence-corrected chi connectivity index (χ1v) is 15.0. The van der Waals surface area contributed by atoms with Crippen LogP contribution in [0.5, 0.6) is 0 Å². The number of amides is 2. The van der Waals surface area contributed by atoms with Crippen molar-refractivity contribution in [1.82, 2.24) is 15.6 Å². The van der Waals surface area contributed by atoms with Crippen molar-refractivity contribution in [2.75, 3.05) is 23.4 Å². The van der Waals surface area contributed by atoms with Gasteiger partial charge in [0.15, 0.2) is 12.2 Å². The van der Waals surface area contributed by atoms with Crippen LogP contribution in [0.25, 0.3) is 11.3 Å². The highest BCUT2D eigenvalue weighted by molar-refractivity contribution is 8.00. The maximum absolute atomic E-state index is 13.8. The molecule has 0 aliphatic heterocycles. The molecule has 0 spiro atoms. The maximum atomic E-state index is 13.8. The first-order chi connectivity index (χ1) is 20.8. The number of anilines is 1. The molecular formula is C32H34F2N4O4S. The Morgan fingerprint density at radius 2 is 1.67 bits per heavy atom. The molecule has 0 aliphatic carbocycles. The molecule has 0 radical (unpaired) electrons. The molecule has 0 saturated heterocycles.